The topological polar surface area (TPSA) is 87.7 Å². The molecule has 2 N–H and O–H groups in total. The van der Waals surface area contributed by atoms with Gasteiger partial charge in [0.1, 0.15) is 11.4 Å². The summed E-state index contributed by atoms with van der Waals surface area (Å²) in [7, 11) is 1.58. The summed E-state index contributed by atoms with van der Waals surface area (Å²) in [5.41, 5.74) is 2.89. The number of carbonyl (C=O) groups is 3. The number of benzene rings is 3. The monoisotopic (exact) mass is 427 g/mol. The minimum atomic E-state index is -0.486. The zero-order valence-corrected chi connectivity index (χ0v) is 17.4. The first kappa shape index (κ1) is 20.9. The third kappa shape index (κ3) is 4.67. The standard InChI is InChI=1S/C25H21N3O4/c1-32-21-13-9-17(10-14-21)15-22-24(30)28(25(31)27-22)16-18-7-11-19(12-8-18)23(29)26-20-5-3-2-4-6-20/h2-15H,16H2,1H3,(H,26,29)(H,27,31)/b22-15-. The van der Waals surface area contributed by atoms with Crippen molar-refractivity contribution in [3.63, 3.8) is 0 Å². The Morgan fingerprint density at radius 1 is 0.969 bits per heavy atom. The number of para-hydroxylation sites is 1. The molecule has 7 nitrogen and oxygen atoms in total. The summed E-state index contributed by atoms with van der Waals surface area (Å²) in [6, 6.07) is 22.6. The summed E-state index contributed by atoms with van der Waals surface area (Å²) in [6.07, 6.45) is 1.62. The Bertz CT molecular complexity index is 1170. The van der Waals surface area contributed by atoms with Crippen molar-refractivity contribution in [2.45, 2.75) is 6.54 Å². The highest BCUT2D eigenvalue weighted by molar-refractivity contribution is 6.13. The molecule has 7 heteroatoms. The van der Waals surface area contributed by atoms with E-state index in [9.17, 15) is 14.4 Å². The number of imide groups is 1. The number of urea groups is 1. The van der Waals surface area contributed by atoms with Crippen molar-refractivity contribution >= 4 is 29.6 Å². The van der Waals surface area contributed by atoms with Gasteiger partial charge in [0.05, 0.1) is 13.7 Å². The molecular formula is C25H21N3O4. The van der Waals surface area contributed by atoms with Gasteiger partial charge in [-0.2, -0.15) is 0 Å². The highest BCUT2D eigenvalue weighted by atomic mass is 16.5. The van der Waals surface area contributed by atoms with Gasteiger partial charge in [-0.1, -0.05) is 42.5 Å². The van der Waals surface area contributed by atoms with E-state index in [4.69, 9.17) is 4.74 Å². The van der Waals surface area contributed by atoms with E-state index in [1.807, 2.05) is 18.2 Å². The molecule has 1 fully saturated rings. The lowest BCUT2D eigenvalue weighted by Gasteiger charge is -2.12. The second-order valence-corrected chi connectivity index (χ2v) is 7.17. The van der Waals surface area contributed by atoms with Crippen molar-refractivity contribution in [1.29, 1.82) is 0 Å². The number of nitrogens with one attached hydrogen (secondary N) is 2. The first-order valence-corrected chi connectivity index (χ1v) is 9.97. The van der Waals surface area contributed by atoms with E-state index < -0.39 is 11.9 Å². The van der Waals surface area contributed by atoms with Gasteiger partial charge >= 0.3 is 6.03 Å². The molecule has 32 heavy (non-hydrogen) atoms. The van der Waals surface area contributed by atoms with Crippen molar-refractivity contribution in [2.75, 3.05) is 12.4 Å². The average Bonchev–Trinajstić information content (AvgIpc) is 3.08. The Labute approximate surface area is 185 Å². The lowest BCUT2D eigenvalue weighted by atomic mass is 10.1. The van der Waals surface area contributed by atoms with Gasteiger partial charge in [0, 0.05) is 11.3 Å². The highest BCUT2D eigenvalue weighted by Crippen LogP contribution is 2.19. The van der Waals surface area contributed by atoms with Crippen LogP contribution in [0.2, 0.25) is 0 Å². The molecule has 1 aliphatic rings. The fraction of sp³-hybridized carbons (Fsp3) is 0.0800. The van der Waals surface area contributed by atoms with Gasteiger partial charge in [0.2, 0.25) is 0 Å². The summed E-state index contributed by atoms with van der Waals surface area (Å²) >= 11 is 0. The SMILES string of the molecule is COc1ccc(/C=C2\NC(=O)N(Cc3ccc(C(=O)Nc4ccccc4)cc3)C2=O)cc1. The van der Waals surface area contributed by atoms with Crippen LogP contribution in [0.1, 0.15) is 21.5 Å². The summed E-state index contributed by atoms with van der Waals surface area (Å²) in [5.74, 6) is 0.0654. The predicted molar refractivity (Wildman–Crippen MR) is 121 cm³/mol. The van der Waals surface area contributed by atoms with Crippen LogP contribution in [-0.2, 0) is 11.3 Å². The third-order valence-electron chi connectivity index (χ3n) is 4.98. The van der Waals surface area contributed by atoms with Crippen LogP contribution in [0.4, 0.5) is 10.5 Å². The summed E-state index contributed by atoms with van der Waals surface area (Å²) in [6.45, 7) is 0.102. The normalized spacial score (nSPS) is 14.4. The molecule has 1 saturated heterocycles. The molecular weight excluding hydrogens is 406 g/mol. The molecule has 0 bridgehead atoms. The van der Waals surface area contributed by atoms with Crippen LogP contribution in [0.3, 0.4) is 0 Å². The van der Waals surface area contributed by atoms with Crippen LogP contribution in [0, 0.1) is 0 Å². The summed E-state index contributed by atoms with van der Waals surface area (Å²) in [5, 5.41) is 5.43. The molecule has 0 aliphatic carbocycles. The molecule has 4 amide bonds. The number of nitrogens with zero attached hydrogens (tertiary/aromatic N) is 1. The molecule has 4 rings (SSSR count). The van der Waals surface area contributed by atoms with Crippen LogP contribution in [0.5, 0.6) is 5.75 Å². The van der Waals surface area contributed by atoms with Crippen LogP contribution in [0.25, 0.3) is 6.08 Å². The van der Waals surface area contributed by atoms with E-state index >= 15 is 0 Å². The van der Waals surface area contributed by atoms with E-state index in [2.05, 4.69) is 10.6 Å². The lowest BCUT2D eigenvalue weighted by molar-refractivity contribution is -0.123. The first-order chi connectivity index (χ1) is 15.5. The van der Waals surface area contributed by atoms with Gasteiger partial charge in [-0.25, -0.2) is 4.79 Å². The maximum absolute atomic E-state index is 12.7. The number of anilines is 1. The van der Waals surface area contributed by atoms with E-state index in [0.29, 0.717) is 17.0 Å². The Morgan fingerprint density at radius 3 is 2.31 bits per heavy atom. The van der Waals surface area contributed by atoms with E-state index in [1.165, 1.54) is 0 Å². The Morgan fingerprint density at radius 2 is 1.66 bits per heavy atom. The van der Waals surface area contributed by atoms with Crippen molar-refractivity contribution < 1.29 is 19.1 Å². The molecule has 0 saturated carbocycles. The minimum Gasteiger partial charge on any atom is -0.497 e. The number of methoxy groups -OCH3 is 1. The number of carbonyl (C=O) groups excluding carboxylic acids is 3. The zero-order chi connectivity index (χ0) is 22.5. The van der Waals surface area contributed by atoms with Crippen LogP contribution in [-0.4, -0.2) is 29.9 Å². The van der Waals surface area contributed by atoms with Gasteiger partial charge in [-0.05, 0) is 53.6 Å². The Hall–Kier alpha value is -4.39. The fourth-order valence-electron chi connectivity index (χ4n) is 3.25. The highest BCUT2D eigenvalue weighted by Gasteiger charge is 2.33. The minimum absolute atomic E-state index is 0.102. The van der Waals surface area contributed by atoms with Crippen LogP contribution in [0.15, 0.2) is 84.6 Å². The molecule has 1 heterocycles. The molecule has 3 aromatic rings. The van der Waals surface area contributed by atoms with Gasteiger partial charge in [0.25, 0.3) is 11.8 Å². The Balaban J connectivity index is 1.42. The molecule has 0 radical (unpaired) electrons. The second kappa shape index (κ2) is 9.18. The Kier molecular flexibility index (Phi) is 5.98. The number of rotatable bonds is 6. The number of hydrogen-bond donors (Lipinski definition) is 2. The lowest BCUT2D eigenvalue weighted by Crippen LogP contribution is -2.30. The molecule has 0 aromatic heterocycles. The molecule has 0 atom stereocenters. The molecule has 1 aliphatic heterocycles. The van der Waals surface area contributed by atoms with Gasteiger partial charge < -0.3 is 15.4 Å². The van der Waals surface area contributed by atoms with E-state index in [0.717, 1.165) is 16.0 Å². The molecule has 0 unspecified atom stereocenters. The molecule has 160 valence electrons. The average molecular weight is 427 g/mol. The van der Waals surface area contributed by atoms with Crippen molar-refractivity contribution in [2.24, 2.45) is 0 Å². The van der Waals surface area contributed by atoms with Crippen molar-refractivity contribution in [3.8, 4) is 5.75 Å². The predicted octanol–water partition coefficient (Wildman–Crippen LogP) is 4.04. The maximum atomic E-state index is 12.7. The zero-order valence-electron chi connectivity index (χ0n) is 17.4. The molecule has 3 aromatic carbocycles. The summed E-state index contributed by atoms with van der Waals surface area (Å²) < 4.78 is 5.12. The van der Waals surface area contributed by atoms with Gasteiger partial charge in [-0.15, -0.1) is 0 Å². The van der Waals surface area contributed by atoms with Crippen molar-refractivity contribution in [3.05, 3.63) is 101 Å². The first-order valence-electron chi connectivity index (χ1n) is 9.97. The number of ether oxygens (including phenoxy) is 1. The molecule has 0 spiro atoms. The third-order valence-corrected chi connectivity index (χ3v) is 4.98. The summed E-state index contributed by atoms with van der Waals surface area (Å²) in [4.78, 5) is 38.6. The van der Waals surface area contributed by atoms with Crippen LogP contribution >= 0.6 is 0 Å². The van der Waals surface area contributed by atoms with Gasteiger partial charge in [0.15, 0.2) is 0 Å². The number of amides is 4. The second-order valence-electron chi connectivity index (χ2n) is 7.17. The quantitative estimate of drug-likeness (QED) is 0.459. The largest absolute Gasteiger partial charge is 0.497 e. The number of hydrogen-bond acceptors (Lipinski definition) is 4. The maximum Gasteiger partial charge on any atom is 0.329 e. The smallest absolute Gasteiger partial charge is 0.329 e. The van der Waals surface area contributed by atoms with Crippen LogP contribution < -0.4 is 15.4 Å². The van der Waals surface area contributed by atoms with E-state index in [1.54, 1.807) is 73.8 Å². The van der Waals surface area contributed by atoms with E-state index in [-0.39, 0.29) is 18.1 Å². The fourth-order valence-corrected chi connectivity index (χ4v) is 3.25. The van der Waals surface area contributed by atoms with Gasteiger partial charge in [-0.3, -0.25) is 14.5 Å². The van der Waals surface area contributed by atoms with Crippen molar-refractivity contribution in [1.82, 2.24) is 10.2 Å².